The van der Waals surface area contributed by atoms with Crippen LogP contribution >= 0.6 is 0 Å². The fourth-order valence-corrected chi connectivity index (χ4v) is 3.04. The van der Waals surface area contributed by atoms with Crippen LogP contribution in [0.1, 0.15) is 45.1 Å². The lowest BCUT2D eigenvalue weighted by atomic mass is 9.87. The van der Waals surface area contributed by atoms with E-state index in [0.29, 0.717) is 6.04 Å². The molecule has 0 aliphatic heterocycles. The Labute approximate surface area is 116 Å². The monoisotopic (exact) mass is 261 g/mol. The van der Waals surface area contributed by atoms with Crippen LogP contribution in [0.5, 0.6) is 0 Å². The van der Waals surface area contributed by atoms with Crippen molar-refractivity contribution in [2.24, 2.45) is 0 Å². The van der Waals surface area contributed by atoms with Crippen molar-refractivity contribution in [2.45, 2.75) is 45.6 Å². The molecule has 1 aromatic carbocycles. The summed E-state index contributed by atoms with van der Waals surface area (Å²) in [6.07, 6.45) is 7.31. The first-order valence-electron chi connectivity index (χ1n) is 7.44. The van der Waals surface area contributed by atoms with Crippen molar-refractivity contribution in [3.05, 3.63) is 41.2 Å². The van der Waals surface area contributed by atoms with Gasteiger partial charge in [-0.05, 0) is 50.0 Å². The van der Waals surface area contributed by atoms with Crippen molar-refractivity contribution in [1.29, 1.82) is 0 Å². The largest absolute Gasteiger partial charge is 0.297 e. The van der Waals surface area contributed by atoms with E-state index >= 15 is 0 Å². The summed E-state index contributed by atoms with van der Waals surface area (Å²) in [5, 5.41) is 0. The number of nitrogens with zero attached hydrogens (tertiary/aromatic N) is 1. The summed E-state index contributed by atoms with van der Waals surface area (Å²) in [5.41, 5.74) is 2.64. The van der Waals surface area contributed by atoms with Gasteiger partial charge in [-0.1, -0.05) is 44.1 Å². The van der Waals surface area contributed by atoms with Gasteiger partial charge in [-0.25, -0.2) is 4.39 Å². The van der Waals surface area contributed by atoms with Crippen LogP contribution < -0.4 is 0 Å². The van der Waals surface area contributed by atoms with Gasteiger partial charge in [0.05, 0.1) is 0 Å². The van der Waals surface area contributed by atoms with Crippen molar-refractivity contribution in [2.75, 3.05) is 13.1 Å². The van der Waals surface area contributed by atoms with Gasteiger partial charge < -0.3 is 0 Å². The first-order valence-corrected chi connectivity index (χ1v) is 7.44. The summed E-state index contributed by atoms with van der Waals surface area (Å²) >= 11 is 0. The third-order valence-electron chi connectivity index (χ3n) is 4.10. The van der Waals surface area contributed by atoms with Crippen molar-refractivity contribution in [1.82, 2.24) is 4.90 Å². The van der Waals surface area contributed by atoms with Crippen molar-refractivity contribution in [3.63, 3.8) is 0 Å². The van der Waals surface area contributed by atoms with Gasteiger partial charge in [0.15, 0.2) is 0 Å². The van der Waals surface area contributed by atoms with Crippen LogP contribution in [0, 0.1) is 5.82 Å². The van der Waals surface area contributed by atoms with Gasteiger partial charge in [0.2, 0.25) is 0 Å². The minimum Gasteiger partial charge on any atom is -0.297 e. The maximum Gasteiger partial charge on any atom is 0.123 e. The van der Waals surface area contributed by atoms with Gasteiger partial charge in [0, 0.05) is 6.04 Å². The molecule has 0 spiro atoms. The van der Waals surface area contributed by atoms with Gasteiger partial charge >= 0.3 is 0 Å². The lowest BCUT2D eigenvalue weighted by Crippen LogP contribution is -2.38. The summed E-state index contributed by atoms with van der Waals surface area (Å²) in [7, 11) is 0. The molecule has 0 saturated heterocycles. The molecule has 0 radical (unpaired) electrons. The smallest absolute Gasteiger partial charge is 0.123 e. The zero-order chi connectivity index (χ0) is 13.7. The Bertz CT molecular complexity index is 417. The highest BCUT2D eigenvalue weighted by Gasteiger charge is 2.23. The Morgan fingerprint density at radius 1 is 1.16 bits per heavy atom. The average Bonchev–Trinajstić information content (AvgIpc) is 2.44. The van der Waals surface area contributed by atoms with Crippen molar-refractivity contribution in [3.8, 4) is 0 Å². The van der Waals surface area contributed by atoms with Gasteiger partial charge in [-0.15, -0.1) is 0 Å². The highest BCUT2D eigenvalue weighted by Crippen LogP contribution is 2.29. The third kappa shape index (κ3) is 3.66. The van der Waals surface area contributed by atoms with E-state index in [0.717, 1.165) is 18.7 Å². The van der Waals surface area contributed by atoms with Crippen LogP contribution in [0.15, 0.2) is 29.8 Å². The second kappa shape index (κ2) is 6.85. The molecule has 1 fully saturated rings. The van der Waals surface area contributed by atoms with Crippen LogP contribution in [0.4, 0.5) is 4.39 Å². The van der Waals surface area contributed by atoms with E-state index in [2.05, 4.69) is 24.8 Å². The Kier molecular flexibility index (Phi) is 5.15. The van der Waals surface area contributed by atoms with Gasteiger partial charge in [-0.3, -0.25) is 4.90 Å². The number of hydrogen-bond donors (Lipinski definition) is 0. The summed E-state index contributed by atoms with van der Waals surface area (Å²) < 4.78 is 13.0. The summed E-state index contributed by atoms with van der Waals surface area (Å²) in [5.74, 6) is -0.161. The number of rotatable bonds is 4. The molecule has 0 bridgehead atoms. The molecule has 1 aliphatic rings. The van der Waals surface area contributed by atoms with Crippen LogP contribution in [0.25, 0.3) is 6.08 Å². The van der Waals surface area contributed by atoms with E-state index in [1.54, 1.807) is 12.1 Å². The molecule has 19 heavy (non-hydrogen) atoms. The number of hydrogen-bond acceptors (Lipinski definition) is 1. The number of likely N-dealkylation sites (N-methyl/N-ethyl adjacent to an activating group) is 1. The molecular formula is C17H24FN. The minimum absolute atomic E-state index is 0.161. The Morgan fingerprint density at radius 3 is 2.47 bits per heavy atom. The zero-order valence-corrected chi connectivity index (χ0v) is 12.0. The molecule has 1 saturated carbocycles. The van der Waals surface area contributed by atoms with Crippen LogP contribution in [0.3, 0.4) is 0 Å². The normalized spacial score (nSPS) is 22.1. The standard InChI is InChI=1S/C17H24FN/c1-3-19(4-2)17-8-6-5-7-15(17)13-14-9-11-16(18)12-10-14/h9-13,17H,3-8H2,1-2H3/b15-13-. The van der Waals surface area contributed by atoms with E-state index < -0.39 is 0 Å². The summed E-state index contributed by atoms with van der Waals surface area (Å²) in [6, 6.07) is 7.41. The molecule has 1 aliphatic carbocycles. The lowest BCUT2D eigenvalue weighted by Gasteiger charge is -2.35. The third-order valence-corrected chi connectivity index (χ3v) is 4.10. The molecule has 0 amide bonds. The second-order valence-corrected chi connectivity index (χ2v) is 5.25. The maximum atomic E-state index is 13.0. The molecule has 104 valence electrons. The molecule has 2 heteroatoms. The number of benzene rings is 1. The molecule has 1 aromatic rings. The lowest BCUT2D eigenvalue weighted by molar-refractivity contribution is 0.215. The van der Waals surface area contributed by atoms with Crippen LogP contribution in [-0.2, 0) is 0 Å². The summed E-state index contributed by atoms with van der Waals surface area (Å²) in [4.78, 5) is 2.54. The van der Waals surface area contributed by atoms with E-state index in [9.17, 15) is 4.39 Å². The molecule has 1 unspecified atom stereocenters. The quantitative estimate of drug-likeness (QED) is 0.771. The van der Waals surface area contributed by atoms with Gasteiger partial charge in [-0.2, -0.15) is 0 Å². The highest BCUT2D eigenvalue weighted by atomic mass is 19.1. The molecule has 0 heterocycles. The van der Waals surface area contributed by atoms with E-state index in [1.165, 1.54) is 31.3 Å². The zero-order valence-electron chi connectivity index (χ0n) is 12.0. The van der Waals surface area contributed by atoms with Crippen molar-refractivity contribution < 1.29 is 4.39 Å². The predicted octanol–water partition coefficient (Wildman–Crippen LogP) is 4.49. The summed E-state index contributed by atoms with van der Waals surface area (Å²) in [6.45, 7) is 6.66. The Hall–Kier alpha value is -1.15. The molecule has 0 N–H and O–H groups in total. The van der Waals surface area contributed by atoms with E-state index in [1.807, 2.05) is 12.1 Å². The molecule has 1 nitrogen and oxygen atoms in total. The van der Waals surface area contributed by atoms with E-state index in [-0.39, 0.29) is 5.82 Å². The molecule has 0 aromatic heterocycles. The van der Waals surface area contributed by atoms with Gasteiger partial charge in [0.25, 0.3) is 0 Å². The van der Waals surface area contributed by atoms with Crippen LogP contribution in [0.2, 0.25) is 0 Å². The van der Waals surface area contributed by atoms with Crippen LogP contribution in [-0.4, -0.2) is 24.0 Å². The topological polar surface area (TPSA) is 3.24 Å². The minimum atomic E-state index is -0.161. The number of halogens is 1. The van der Waals surface area contributed by atoms with Crippen molar-refractivity contribution >= 4 is 6.08 Å². The molecule has 2 rings (SSSR count). The predicted molar refractivity (Wildman–Crippen MR) is 79.6 cm³/mol. The van der Waals surface area contributed by atoms with E-state index in [4.69, 9.17) is 0 Å². The maximum absolute atomic E-state index is 13.0. The first-order chi connectivity index (χ1) is 9.24. The second-order valence-electron chi connectivity index (χ2n) is 5.25. The van der Waals surface area contributed by atoms with Gasteiger partial charge in [0.1, 0.15) is 5.82 Å². The first kappa shape index (κ1) is 14.3. The Balaban J connectivity index is 2.21. The molecule has 1 atom stereocenters. The molecular weight excluding hydrogens is 237 g/mol. The Morgan fingerprint density at radius 2 is 1.84 bits per heavy atom. The average molecular weight is 261 g/mol. The highest BCUT2D eigenvalue weighted by molar-refractivity contribution is 5.54. The fourth-order valence-electron chi connectivity index (χ4n) is 3.04. The SMILES string of the molecule is CCN(CC)C1CCCC/C1=C/c1ccc(F)cc1. The fraction of sp³-hybridized carbons (Fsp3) is 0.529.